The van der Waals surface area contributed by atoms with E-state index in [4.69, 9.17) is 4.74 Å². The number of nitrogens with zero attached hydrogens (tertiary/aromatic N) is 1. The predicted octanol–water partition coefficient (Wildman–Crippen LogP) is 2.24. The van der Waals surface area contributed by atoms with Crippen molar-refractivity contribution >= 4 is 11.7 Å². The molecule has 0 aliphatic rings. The van der Waals surface area contributed by atoms with Crippen LogP contribution in [0.15, 0.2) is 24.3 Å². The molecule has 0 N–H and O–H groups in total. The Kier molecular flexibility index (Phi) is 4.35. The van der Waals surface area contributed by atoms with Crippen molar-refractivity contribution in [2.24, 2.45) is 5.92 Å². The molecule has 0 amide bonds. The van der Waals surface area contributed by atoms with Crippen molar-refractivity contribution < 1.29 is 9.53 Å². The quantitative estimate of drug-likeness (QED) is 0.730. The van der Waals surface area contributed by atoms with Crippen LogP contribution in [0, 0.1) is 12.8 Å². The highest BCUT2D eigenvalue weighted by Crippen LogP contribution is 2.15. The van der Waals surface area contributed by atoms with Gasteiger partial charge >= 0.3 is 5.97 Å². The highest BCUT2D eigenvalue weighted by molar-refractivity contribution is 5.72. The summed E-state index contributed by atoms with van der Waals surface area (Å²) in [6.07, 6.45) is 0. The normalized spacial score (nSPS) is 12.0. The van der Waals surface area contributed by atoms with E-state index in [0.717, 1.165) is 5.69 Å². The van der Waals surface area contributed by atoms with Gasteiger partial charge in [0.05, 0.1) is 13.0 Å². The molecule has 88 valence electrons. The molecule has 3 nitrogen and oxygen atoms in total. The van der Waals surface area contributed by atoms with Crippen LogP contribution in [0.5, 0.6) is 0 Å². The van der Waals surface area contributed by atoms with Crippen LogP contribution in [-0.4, -0.2) is 26.7 Å². The van der Waals surface area contributed by atoms with Crippen LogP contribution in [0.1, 0.15) is 12.5 Å². The third-order valence-electron chi connectivity index (χ3n) is 2.63. The molecule has 1 rings (SSSR count). The molecule has 0 bridgehead atoms. The fourth-order valence-corrected chi connectivity index (χ4v) is 1.59. The summed E-state index contributed by atoms with van der Waals surface area (Å²) in [6, 6.07) is 8.24. The molecule has 0 saturated carbocycles. The van der Waals surface area contributed by atoms with Gasteiger partial charge in [-0.25, -0.2) is 0 Å². The standard InChI is InChI=1S/C13H19NO2/c1-10-5-7-12(8-6-10)14(3)9-11(2)13(15)16-4/h5-8,11H,9H2,1-4H3. The fraction of sp³-hybridized carbons (Fsp3) is 0.462. The van der Waals surface area contributed by atoms with Gasteiger partial charge in [0, 0.05) is 19.3 Å². The van der Waals surface area contributed by atoms with Gasteiger partial charge in [-0.2, -0.15) is 0 Å². The van der Waals surface area contributed by atoms with Crippen molar-refractivity contribution in [2.75, 3.05) is 25.6 Å². The minimum absolute atomic E-state index is 0.115. The van der Waals surface area contributed by atoms with E-state index >= 15 is 0 Å². The average Bonchev–Trinajstić information content (AvgIpc) is 2.28. The van der Waals surface area contributed by atoms with Crippen LogP contribution in [0.2, 0.25) is 0 Å². The molecule has 1 atom stereocenters. The van der Waals surface area contributed by atoms with Crippen LogP contribution in [-0.2, 0) is 9.53 Å². The van der Waals surface area contributed by atoms with E-state index < -0.39 is 0 Å². The number of hydrogen-bond donors (Lipinski definition) is 0. The van der Waals surface area contributed by atoms with E-state index in [9.17, 15) is 4.79 Å². The maximum atomic E-state index is 11.3. The Morgan fingerprint density at radius 3 is 2.44 bits per heavy atom. The summed E-state index contributed by atoms with van der Waals surface area (Å²) < 4.78 is 4.70. The molecule has 1 aromatic rings. The third kappa shape index (κ3) is 3.26. The number of ether oxygens (including phenoxy) is 1. The summed E-state index contributed by atoms with van der Waals surface area (Å²) in [5, 5.41) is 0. The lowest BCUT2D eigenvalue weighted by Gasteiger charge is -2.22. The minimum Gasteiger partial charge on any atom is -0.469 e. The lowest BCUT2D eigenvalue weighted by Crippen LogP contribution is -2.29. The summed E-state index contributed by atoms with van der Waals surface area (Å²) in [5.74, 6) is -0.282. The van der Waals surface area contributed by atoms with Crippen LogP contribution in [0.25, 0.3) is 0 Å². The zero-order valence-electron chi connectivity index (χ0n) is 10.4. The number of esters is 1. The molecule has 0 heterocycles. The van der Waals surface area contributed by atoms with E-state index in [1.807, 2.05) is 14.0 Å². The topological polar surface area (TPSA) is 29.5 Å². The van der Waals surface area contributed by atoms with E-state index in [-0.39, 0.29) is 11.9 Å². The SMILES string of the molecule is COC(=O)C(C)CN(C)c1ccc(C)cc1. The lowest BCUT2D eigenvalue weighted by molar-refractivity contribution is -0.144. The predicted molar refractivity (Wildman–Crippen MR) is 65.6 cm³/mol. The molecule has 16 heavy (non-hydrogen) atoms. The van der Waals surface area contributed by atoms with Gasteiger partial charge < -0.3 is 9.64 Å². The number of benzene rings is 1. The first-order valence-electron chi connectivity index (χ1n) is 5.40. The molecule has 1 aromatic carbocycles. The Balaban J connectivity index is 2.61. The number of carbonyl (C=O) groups excluding carboxylic acids is 1. The van der Waals surface area contributed by atoms with Gasteiger partial charge in [-0.05, 0) is 19.1 Å². The van der Waals surface area contributed by atoms with E-state index in [0.29, 0.717) is 6.54 Å². The highest BCUT2D eigenvalue weighted by atomic mass is 16.5. The summed E-state index contributed by atoms with van der Waals surface area (Å²) in [7, 11) is 3.40. The van der Waals surface area contributed by atoms with Crippen LogP contribution >= 0.6 is 0 Å². The van der Waals surface area contributed by atoms with Gasteiger partial charge in [-0.15, -0.1) is 0 Å². The second-order valence-electron chi connectivity index (χ2n) is 4.14. The molecule has 0 aliphatic carbocycles. The molecule has 0 fully saturated rings. The molecule has 0 spiro atoms. The Bertz CT molecular complexity index is 345. The van der Waals surface area contributed by atoms with E-state index in [1.165, 1.54) is 12.7 Å². The Labute approximate surface area is 97.0 Å². The summed E-state index contributed by atoms with van der Waals surface area (Å²) in [4.78, 5) is 13.3. The number of methoxy groups -OCH3 is 1. The molecule has 0 aromatic heterocycles. The van der Waals surface area contributed by atoms with Crippen LogP contribution < -0.4 is 4.90 Å². The number of rotatable bonds is 4. The Hall–Kier alpha value is -1.51. The van der Waals surface area contributed by atoms with Gasteiger partial charge in [0.1, 0.15) is 0 Å². The first-order chi connectivity index (χ1) is 7.54. The molecule has 0 aliphatic heterocycles. The van der Waals surface area contributed by atoms with Crippen LogP contribution in [0.4, 0.5) is 5.69 Å². The number of carbonyl (C=O) groups is 1. The molecule has 0 radical (unpaired) electrons. The summed E-state index contributed by atoms with van der Waals surface area (Å²) >= 11 is 0. The molecule has 0 saturated heterocycles. The lowest BCUT2D eigenvalue weighted by atomic mass is 10.1. The van der Waals surface area contributed by atoms with Gasteiger partial charge in [0.2, 0.25) is 0 Å². The first kappa shape index (κ1) is 12.6. The van der Waals surface area contributed by atoms with E-state index in [1.54, 1.807) is 0 Å². The molecule has 3 heteroatoms. The Morgan fingerprint density at radius 2 is 1.94 bits per heavy atom. The maximum absolute atomic E-state index is 11.3. The van der Waals surface area contributed by atoms with Gasteiger partial charge in [0.25, 0.3) is 0 Å². The second kappa shape index (κ2) is 5.54. The van der Waals surface area contributed by atoms with Gasteiger partial charge in [0.15, 0.2) is 0 Å². The molecular weight excluding hydrogens is 202 g/mol. The van der Waals surface area contributed by atoms with Crippen molar-refractivity contribution in [3.63, 3.8) is 0 Å². The minimum atomic E-state index is -0.168. The number of anilines is 1. The first-order valence-corrected chi connectivity index (χ1v) is 5.40. The monoisotopic (exact) mass is 221 g/mol. The molecular formula is C13H19NO2. The van der Waals surface area contributed by atoms with Crippen LogP contribution in [0.3, 0.4) is 0 Å². The Morgan fingerprint density at radius 1 is 1.38 bits per heavy atom. The van der Waals surface area contributed by atoms with Crippen molar-refractivity contribution in [3.05, 3.63) is 29.8 Å². The molecule has 1 unspecified atom stereocenters. The van der Waals surface area contributed by atoms with Crippen molar-refractivity contribution in [1.82, 2.24) is 0 Å². The summed E-state index contributed by atoms with van der Waals surface area (Å²) in [5.41, 5.74) is 2.35. The zero-order chi connectivity index (χ0) is 12.1. The van der Waals surface area contributed by atoms with Gasteiger partial charge in [-0.3, -0.25) is 4.79 Å². The smallest absolute Gasteiger partial charge is 0.310 e. The van der Waals surface area contributed by atoms with E-state index in [2.05, 4.69) is 36.1 Å². The second-order valence-corrected chi connectivity index (χ2v) is 4.14. The zero-order valence-corrected chi connectivity index (χ0v) is 10.4. The number of hydrogen-bond acceptors (Lipinski definition) is 3. The number of aryl methyl sites for hydroxylation is 1. The third-order valence-corrected chi connectivity index (χ3v) is 2.63. The fourth-order valence-electron chi connectivity index (χ4n) is 1.59. The highest BCUT2D eigenvalue weighted by Gasteiger charge is 2.15. The average molecular weight is 221 g/mol. The van der Waals surface area contributed by atoms with Gasteiger partial charge in [-0.1, -0.05) is 24.6 Å². The largest absolute Gasteiger partial charge is 0.469 e. The maximum Gasteiger partial charge on any atom is 0.310 e. The summed E-state index contributed by atoms with van der Waals surface area (Å²) in [6.45, 7) is 4.59. The van der Waals surface area contributed by atoms with Crippen molar-refractivity contribution in [3.8, 4) is 0 Å². The van der Waals surface area contributed by atoms with Crippen molar-refractivity contribution in [2.45, 2.75) is 13.8 Å². The van der Waals surface area contributed by atoms with Crippen molar-refractivity contribution in [1.29, 1.82) is 0 Å².